The number of aromatic nitrogens is 2. The van der Waals surface area contributed by atoms with Crippen LogP contribution in [0.5, 0.6) is 5.75 Å². The molecule has 142 valence electrons. The smallest absolute Gasteiger partial charge is 0.251 e. The van der Waals surface area contributed by atoms with E-state index in [9.17, 15) is 4.79 Å². The third kappa shape index (κ3) is 4.65. The summed E-state index contributed by atoms with van der Waals surface area (Å²) in [6.07, 6.45) is 5.50. The summed E-state index contributed by atoms with van der Waals surface area (Å²) >= 11 is 0. The minimum Gasteiger partial charge on any atom is -0.487 e. The van der Waals surface area contributed by atoms with Crippen molar-refractivity contribution >= 4 is 11.6 Å². The number of ether oxygens (including phenoxy) is 1. The predicted molar refractivity (Wildman–Crippen MR) is 106 cm³/mol. The molecule has 0 atom stereocenters. The first kappa shape index (κ1) is 18.9. The first-order chi connectivity index (χ1) is 13.0. The van der Waals surface area contributed by atoms with Crippen molar-refractivity contribution in [3.8, 4) is 5.75 Å². The van der Waals surface area contributed by atoms with Gasteiger partial charge in [-0.05, 0) is 43.2 Å². The second-order valence-electron chi connectivity index (χ2n) is 6.77. The number of carbonyl (C=O) groups excluding carboxylic acids is 1. The molecule has 2 aromatic heterocycles. The fraction of sp³-hybridized carbons (Fsp3) is 0.333. The molecule has 0 saturated heterocycles. The Hall–Kier alpha value is -2.86. The van der Waals surface area contributed by atoms with Gasteiger partial charge in [0, 0.05) is 30.0 Å². The van der Waals surface area contributed by atoms with E-state index >= 15 is 0 Å². The third-order valence-corrected chi connectivity index (χ3v) is 4.91. The van der Waals surface area contributed by atoms with Crippen LogP contribution in [-0.4, -0.2) is 27.4 Å². The van der Waals surface area contributed by atoms with Crippen molar-refractivity contribution in [3.05, 3.63) is 66.1 Å². The molecule has 1 aromatic carbocycles. The molecule has 0 bridgehead atoms. The summed E-state index contributed by atoms with van der Waals surface area (Å²) in [5.41, 5.74) is 8.14. The van der Waals surface area contributed by atoms with Crippen LogP contribution in [0.4, 0.5) is 0 Å². The number of nitrogens with two attached hydrogens (primary N) is 1. The van der Waals surface area contributed by atoms with Crippen molar-refractivity contribution in [2.24, 2.45) is 5.73 Å². The maximum Gasteiger partial charge on any atom is 0.251 e. The Labute approximate surface area is 159 Å². The molecule has 0 saturated carbocycles. The normalized spacial score (nSPS) is 11.5. The molecule has 0 spiro atoms. The molecule has 1 amide bonds. The predicted octanol–water partition coefficient (Wildman–Crippen LogP) is 3.16. The maximum atomic E-state index is 12.4. The number of hydrogen-bond acceptors (Lipinski definition) is 4. The zero-order valence-electron chi connectivity index (χ0n) is 15.8. The first-order valence-electron chi connectivity index (χ1n) is 9.25. The summed E-state index contributed by atoms with van der Waals surface area (Å²) in [4.78, 5) is 16.9. The highest BCUT2D eigenvalue weighted by atomic mass is 16.5. The van der Waals surface area contributed by atoms with Gasteiger partial charge in [-0.3, -0.25) is 4.79 Å². The highest BCUT2D eigenvalue weighted by Crippen LogP contribution is 2.16. The van der Waals surface area contributed by atoms with Gasteiger partial charge in [-0.2, -0.15) is 0 Å². The zero-order chi connectivity index (χ0) is 19.3. The van der Waals surface area contributed by atoms with Crippen molar-refractivity contribution in [1.82, 2.24) is 14.7 Å². The Balaban J connectivity index is 1.62. The summed E-state index contributed by atoms with van der Waals surface area (Å²) in [5.74, 6) is 0.481. The van der Waals surface area contributed by atoms with Crippen LogP contribution in [-0.2, 0) is 6.61 Å². The third-order valence-electron chi connectivity index (χ3n) is 4.91. The lowest BCUT2D eigenvalue weighted by atomic mass is 9.94. The second kappa shape index (κ2) is 8.22. The van der Waals surface area contributed by atoms with E-state index in [0.29, 0.717) is 24.5 Å². The number of nitrogens with zero attached hydrogens (tertiary/aromatic N) is 2. The van der Waals surface area contributed by atoms with Crippen molar-refractivity contribution < 1.29 is 9.53 Å². The van der Waals surface area contributed by atoms with Gasteiger partial charge in [-0.15, -0.1) is 0 Å². The first-order valence-corrected chi connectivity index (χ1v) is 9.25. The lowest BCUT2D eigenvalue weighted by Gasteiger charge is -2.26. The lowest BCUT2D eigenvalue weighted by Crippen LogP contribution is -2.49. The van der Waals surface area contributed by atoms with E-state index in [-0.39, 0.29) is 11.4 Å². The van der Waals surface area contributed by atoms with Gasteiger partial charge in [0.15, 0.2) is 0 Å². The van der Waals surface area contributed by atoms with Gasteiger partial charge < -0.3 is 20.2 Å². The fourth-order valence-corrected chi connectivity index (χ4v) is 2.80. The number of fused-ring (bicyclic) bond motifs is 1. The van der Waals surface area contributed by atoms with Gasteiger partial charge >= 0.3 is 0 Å². The number of nitrogens with one attached hydrogen (secondary N) is 1. The SMILES string of the molecule is CCC(N)(CC)CNC(=O)c1cccc(OCc2cn3ccccc3n2)c1. The molecule has 3 rings (SSSR count). The number of rotatable bonds is 8. The van der Waals surface area contributed by atoms with Crippen molar-refractivity contribution in [2.75, 3.05) is 6.54 Å². The summed E-state index contributed by atoms with van der Waals surface area (Å²) < 4.78 is 7.77. The second-order valence-corrected chi connectivity index (χ2v) is 6.77. The largest absolute Gasteiger partial charge is 0.487 e. The van der Waals surface area contributed by atoms with Gasteiger partial charge in [-0.1, -0.05) is 26.0 Å². The summed E-state index contributed by atoms with van der Waals surface area (Å²) in [5, 5.41) is 2.92. The van der Waals surface area contributed by atoms with Crippen molar-refractivity contribution in [3.63, 3.8) is 0 Å². The van der Waals surface area contributed by atoms with Gasteiger partial charge in [0.25, 0.3) is 5.91 Å². The minimum absolute atomic E-state index is 0.148. The Bertz CT molecular complexity index is 882. The van der Waals surface area contributed by atoms with Gasteiger partial charge in [0.2, 0.25) is 0 Å². The van der Waals surface area contributed by atoms with E-state index in [4.69, 9.17) is 10.5 Å². The van der Waals surface area contributed by atoms with Crippen LogP contribution < -0.4 is 15.8 Å². The molecule has 27 heavy (non-hydrogen) atoms. The van der Waals surface area contributed by atoms with E-state index in [1.807, 2.05) is 61.0 Å². The maximum absolute atomic E-state index is 12.4. The van der Waals surface area contributed by atoms with Crippen molar-refractivity contribution in [1.29, 1.82) is 0 Å². The standard InChI is InChI=1S/C21H26N4O2/c1-3-21(22,4-2)15-23-20(26)16-8-7-9-18(12-16)27-14-17-13-25-11-6-5-10-19(25)24-17/h5-13H,3-4,14-15,22H2,1-2H3,(H,23,26). The molecule has 3 N–H and O–H groups in total. The summed E-state index contributed by atoms with van der Waals surface area (Å²) in [6, 6.07) is 13.0. The van der Waals surface area contributed by atoms with Crippen LogP contribution in [0.15, 0.2) is 54.9 Å². The fourth-order valence-electron chi connectivity index (χ4n) is 2.80. The number of hydrogen-bond donors (Lipinski definition) is 2. The van der Waals surface area contributed by atoms with Gasteiger partial charge in [0.05, 0.1) is 5.69 Å². The lowest BCUT2D eigenvalue weighted by molar-refractivity contribution is 0.0941. The Morgan fingerprint density at radius 3 is 2.78 bits per heavy atom. The van der Waals surface area contributed by atoms with Gasteiger partial charge in [-0.25, -0.2) is 4.98 Å². The van der Waals surface area contributed by atoms with E-state index in [1.54, 1.807) is 12.1 Å². The molecule has 0 aliphatic heterocycles. The molecular weight excluding hydrogens is 340 g/mol. The van der Waals surface area contributed by atoms with E-state index < -0.39 is 0 Å². The van der Waals surface area contributed by atoms with Crippen LogP contribution >= 0.6 is 0 Å². The van der Waals surface area contributed by atoms with Crippen LogP contribution in [0.25, 0.3) is 5.65 Å². The average molecular weight is 366 g/mol. The molecule has 6 nitrogen and oxygen atoms in total. The minimum atomic E-state index is -0.368. The van der Waals surface area contributed by atoms with Crippen LogP contribution in [0.2, 0.25) is 0 Å². The monoisotopic (exact) mass is 366 g/mol. The van der Waals surface area contributed by atoms with E-state index in [0.717, 1.165) is 24.2 Å². The Kier molecular flexibility index (Phi) is 5.76. The summed E-state index contributed by atoms with van der Waals surface area (Å²) in [6.45, 7) is 4.85. The highest BCUT2D eigenvalue weighted by Gasteiger charge is 2.21. The summed E-state index contributed by atoms with van der Waals surface area (Å²) in [7, 11) is 0. The van der Waals surface area contributed by atoms with Gasteiger partial charge in [0.1, 0.15) is 18.0 Å². The Morgan fingerprint density at radius 2 is 2.04 bits per heavy atom. The molecule has 2 heterocycles. The molecule has 0 radical (unpaired) electrons. The number of amides is 1. The van der Waals surface area contributed by atoms with Crippen molar-refractivity contribution in [2.45, 2.75) is 38.8 Å². The number of pyridine rings is 1. The Morgan fingerprint density at radius 1 is 1.22 bits per heavy atom. The number of benzene rings is 1. The molecule has 3 aromatic rings. The molecular formula is C21H26N4O2. The quantitative estimate of drug-likeness (QED) is 0.642. The van der Waals surface area contributed by atoms with E-state index in [1.165, 1.54) is 0 Å². The molecule has 0 fully saturated rings. The van der Waals surface area contributed by atoms with Crippen LogP contribution in [0.1, 0.15) is 42.7 Å². The zero-order valence-corrected chi connectivity index (χ0v) is 15.8. The van der Waals surface area contributed by atoms with E-state index in [2.05, 4.69) is 10.3 Å². The molecule has 0 aliphatic rings. The average Bonchev–Trinajstić information content (AvgIpc) is 3.13. The highest BCUT2D eigenvalue weighted by molar-refractivity contribution is 5.94. The number of carbonyl (C=O) groups is 1. The molecule has 6 heteroatoms. The number of imidazole rings is 1. The molecule has 0 aliphatic carbocycles. The topological polar surface area (TPSA) is 81.6 Å². The molecule has 0 unspecified atom stereocenters. The van der Waals surface area contributed by atoms with Crippen LogP contribution in [0, 0.1) is 0 Å². The van der Waals surface area contributed by atoms with Crippen LogP contribution in [0.3, 0.4) is 0 Å².